The summed E-state index contributed by atoms with van der Waals surface area (Å²) in [5, 5.41) is 0. The van der Waals surface area contributed by atoms with E-state index in [1.165, 1.54) is 0 Å². The number of hydrogen-bond acceptors (Lipinski definition) is 2. The van der Waals surface area contributed by atoms with Gasteiger partial charge in [0.1, 0.15) is 5.66 Å². The van der Waals surface area contributed by atoms with Gasteiger partial charge in [0.2, 0.25) is 0 Å². The lowest BCUT2D eigenvalue weighted by atomic mass is 9.92. The summed E-state index contributed by atoms with van der Waals surface area (Å²) >= 11 is 0. The van der Waals surface area contributed by atoms with Gasteiger partial charge in [-0.2, -0.15) is 0 Å². The van der Waals surface area contributed by atoms with E-state index in [1.54, 1.807) is 6.08 Å². The minimum absolute atomic E-state index is 0.770. The summed E-state index contributed by atoms with van der Waals surface area (Å²) in [5.74, 6) is 0. The maximum Gasteiger partial charge on any atom is 0.110 e. The van der Waals surface area contributed by atoms with Crippen molar-refractivity contribution in [2.75, 3.05) is 0 Å². The molecule has 0 bridgehead atoms. The zero-order valence-electron chi connectivity index (χ0n) is 6.12. The van der Waals surface area contributed by atoms with Gasteiger partial charge in [-0.25, -0.2) is 0 Å². The molecule has 2 aliphatic rings. The van der Waals surface area contributed by atoms with E-state index < -0.39 is 5.66 Å². The van der Waals surface area contributed by atoms with Crippen molar-refractivity contribution < 1.29 is 0 Å². The molecule has 0 aromatic heterocycles. The van der Waals surface area contributed by atoms with E-state index in [9.17, 15) is 0 Å². The van der Waals surface area contributed by atoms with E-state index >= 15 is 0 Å². The lowest BCUT2D eigenvalue weighted by Gasteiger charge is -2.25. The molecule has 2 heteroatoms. The van der Waals surface area contributed by atoms with Crippen LogP contribution in [0.5, 0.6) is 0 Å². The fourth-order valence-corrected chi connectivity index (χ4v) is 1.37. The van der Waals surface area contributed by atoms with Gasteiger partial charge >= 0.3 is 0 Å². The predicted octanol–water partition coefficient (Wildman–Crippen LogP) is 0.592. The first-order valence-electron chi connectivity index (χ1n) is 3.57. The van der Waals surface area contributed by atoms with Crippen LogP contribution in [0.2, 0.25) is 0 Å². The van der Waals surface area contributed by atoms with Crippen LogP contribution in [0.4, 0.5) is 0 Å². The second-order valence-electron chi connectivity index (χ2n) is 2.85. The van der Waals surface area contributed by atoms with Crippen molar-refractivity contribution in [1.82, 2.24) is 0 Å². The Bertz CT molecular complexity index is 304. The fourth-order valence-electron chi connectivity index (χ4n) is 1.37. The Morgan fingerprint density at radius 2 is 1.91 bits per heavy atom. The van der Waals surface area contributed by atoms with Crippen molar-refractivity contribution in [3.05, 3.63) is 47.6 Å². The van der Waals surface area contributed by atoms with Crippen molar-refractivity contribution in [3.63, 3.8) is 0 Å². The van der Waals surface area contributed by atoms with Crippen LogP contribution >= 0.6 is 0 Å². The van der Waals surface area contributed by atoms with Crippen LogP contribution in [-0.2, 0) is 0 Å². The molecule has 56 valence electrons. The molecule has 11 heavy (non-hydrogen) atoms. The second kappa shape index (κ2) is 1.94. The van der Waals surface area contributed by atoms with Gasteiger partial charge in [0.15, 0.2) is 0 Å². The van der Waals surface area contributed by atoms with Crippen molar-refractivity contribution in [2.45, 2.75) is 5.66 Å². The molecule has 2 nitrogen and oxygen atoms in total. The average molecular weight is 146 g/mol. The van der Waals surface area contributed by atoms with Crippen LogP contribution in [-0.4, -0.2) is 5.66 Å². The number of hydrogen-bond donors (Lipinski definition) is 2. The highest BCUT2D eigenvalue weighted by Gasteiger charge is 2.26. The van der Waals surface area contributed by atoms with Crippen molar-refractivity contribution in [1.29, 1.82) is 0 Å². The summed E-state index contributed by atoms with van der Waals surface area (Å²) in [6.07, 6.45) is 11.6. The van der Waals surface area contributed by atoms with Gasteiger partial charge in [0.05, 0.1) is 0 Å². The molecule has 0 saturated heterocycles. The minimum atomic E-state index is -0.770. The molecule has 0 aliphatic heterocycles. The molecule has 0 amide bonds. The molecule has 4 N–H and O–H groups in total. The van der Waals surface area contributed by atoms with Gasteiger partial charge < -0.3 is 11.5 Å². The molecule has 0 aromatic rings. The smallest absolute Gasteiger partial charge is 0.110 e. The Morgan fingerprint density at radius 1 is 1.09 bits per heavy atom. The van der Waals surface area contributed by atoms with E-state index in [0.717, 1.165) is 11.1 Å². The normalized spacial score (nSPS) is 24.5. The molecular formula is C9H10N2. The lowest BCUT2D eigenvalue weighted by Crippen LogP contribution is -2.49. The van der Waals surface area contributed by atoms with E-state index in [0.29, 0.717) is 0 Å². The van der Waals surface area contributed by atoms with Crippen molar-refractivity contribution >= 4 is 0 Å². The third-order valence-electron chi connectivity index (χ3n) is 1.96. The van der Waals surface area contributed by atoms with Gasteiger partial charge in [-0.1, -0.05) is 30.4 Å². The standard InChI is InChI=1S/C9H10N2/c10-9(11)6-2-4-7-3-1-5-8(7)9/h1-6H,10-11H2. The van der Waals surface area contributed by atoms with Gasteiger partial charge in [0, 0.05) is 0 Å². The Kier molecular flexibility index (Phi) is 1.16. The quantitative estimate of drug-likeness (QED) is 0.491. The molecule has 0 spiro atoms. The third kappa shape index (κ3) is 0.878. The maximum atomic E-state index is 5.80. The summed E-state index contributed by atoms with van der Waals surface area (Å²) in [4.78, 5) is 0. The summed E-state index contributed by atoms with van der Waals surface area (Å²) in [6, 6.07) is 0. The largest absolute Gasteiger partial charge is 0.306 e. The first-order chi connectivity index (χ1) is 5.20. The summed E-state index contributed by atoms with van der Waals surface area (Å²) < 4.78 is 0. The summed E-state index contributed by atoms with van der Waals surface area (Å²) in [6.45, 7) is 0. The lowest BCUT2D eigenvalue weighted by molar-refractivity contribution is 0.656. The Labute approximate surface area is 65.6 Å². The van der Waals surface area contributed by atoms with Crippen molar-refractivity contribution in [2.24, 2.45) is 11.5 Å². The van der Waals surface area contributed by atoms with Crippen LogP contribution < -0.4 is 11.5 Å². The van der Waals surface area contributed by atoms with Gasteiger partial charge in [-0.15, -0.1) is 0 Å². The van der Waals surface area contributed by atoms with Gasteiger partial charge in [-0.3, -0.25) is 0 Å². The van der Waals surface area contributed by atoms with Crippen molar-refractivity contribution in [3.8, 4) is 0 Å². The topological polar surface area (TPSA) is 52.0 Å². The highest BCUT2D eigenvalue weighted by molar-refractivity contribution is 5.58. The molecule has 0 saturated carbocycles. The zero-order valence-corrected chi connectivity index (χ0v) is 6.12. The molecule has 2 rings (SSSR count). The Hall–Kier alpha value is -1.12. The summed E-state index contributed by atoms with van der Waals surface area (Å²) in [5.41, 5.74) is 13.0. The van der Waals surface area contributed by atoms with Crippen LogP contribution in [0.25, 0.3) is 0 Å². The fraction of sp³-hybridized carbons (Fsp3) is 0.111. The zero-order chi connectivity index (χ0) is 7.90. The molecule has 0 heterocycles. The van der Waals surface area contributed by atoms with Crippen LogP contribution in [0.15, 0.2) is 47.6 Å². The van der Waals surface area contributed by atoms with Gasteiger partial charge in [0.25, 0.3) is 0 Å². The number of nitrogens with two attached hydrogens (primary N) is 2. The highest BCUT2D eigenvalue weighted by Crippen LogP contribution is 2.28. The molecule has 0 atom stereocenters. The minimum Gasteiger partial charge on any atom is -0.306 e. The molecule has 0 fully saturated rings. The van der Waals surface area contributed by atoms with Crippen LogP contribution in [0.3, 0.4) is 0 Å². The molecule has 0 radical (unpaired) electrons. The Balaban J connectivity index is 2.51. The first kappa shape index (κ1) is 6.58. The average Bonchev–Trinajstić information content (AvgIpc) is 2.34. The summed E-state index contributed by atoms with van der Waals surface area (Å²) in [7, 11) is 0. The SMILES string of the molecule is NC1(N)C=CC=C2C=CC=C21. The Morgan fingerprint density at radius 3 is 2.64 bits per heavy atom. The predicted molar refractivity (Wildman–Crippen MR) is 45.6 cm³/mol. The highest BCUT2D eigenvalue weighted by atomic mass is 15.0. The van der Waals surface area contributed by atoms with E-state index in [1.807, 2.05) is 30.4 Å². The van der Waals surface area contributed by atoms with E-state index in [4.69, 9.17) is 11.5 Å². The van der Waals surface area contributed by atoms with Crippen LogP contribution in [0, 0.1) is 0 Å². The maximum absolute atomic E-state index is 5.80. The molecule has 2 aliphatic carbocycles. The number of fused-ring (bicyclic) bond motifs is 1. The van der Waals surface area contributed by atoms with E-state index in [-0.39, 0.29) is 0 Å². The first-order valence-corrected chi connectivity index (χ1v) is 3.57. The van der Waals surface area contributed by atoms with E-state index in [2.05, 4.69) is 0 Å². The van der Waals surface area contributed by atoms with Crippen LogP contribution in [0.1, 0.15) is 0 Å². The monoisotopic (exact) mass is 146 g/mol. The third-order valence-corrected chi connectivity index (χ3v) is 1.96. The number of rotatable bonds is 0. The molecule has 0 unspecified atom stereocenters. The second-order valence-corrected chi connectivity index (χ2v) is 2.85. The number of allylic oxidation sites excluding steroid dienone is 5. The van der Waals surface area contributed by atoms with Gasteiger partial charge in [-0.05, 0) is 17.2 Å². The molecular weight excluding hydrogens is 136 g/mol. The molecule has 0 aromatic carbocycles.